The molecule has 1 aliphatic rings. The van der Waals surface area contributed by atoms with Gasteiger partial charge in [0.1, 0.15) is 25.1 Å². The molecule has 1 heterocycles. The number of fused-ring (bicyclic) bond motifs is 1. The summed E-state index contributed by atoms with van der Waals surface area (Å²) in [5.74, 6) is 0.588. The first-order valence-corrected chi connectivity index (χ1v) is 9.73. The van der Waals surface area contributed by atoms with Crippen LogP contribution in [0.25, 0.3) is 0 Å². The Balaban J connectivity index is 1.43. The fraction of sp³-hybridized carbons (Fsp3) is 0.381. The van der Waals surface area contributed by atoms with Crippen molar-refractivity contribution in [2.45, 2.75) is 31.6 Å². The number of nitrogens with one attached hydrogen (secondary N) is 1. The molecule has 7 nitrogen and oxygen atoms in total. The second-order valence-corrected chi connectivity index (χ2v) is 7.41. The molecule has 0 saturated heterocycles. The van der Waals surface area contributed by atoms with E-state index in [0.717, 1.165) is 5.56 Å². The summed E-state index contributed by atoms with van der Waals surface area (Å²) in [4.78, 5) is 11.0. The third-order valence-corrected chi connectivity index (χ3v) is 4.69. The lowest BCUT2D eigenvalue weighted by Crippen LogP contribution is -2.37. The molecule has 3 rings (SSSR count). The largest absolute Gasteiger partial charge is 0.491 e. The highest BCUT2D eigenvalue weighted by Gasteiger charge is 2.27. The van der Waals surface area contributed by atoms with Crippen LogP contribution < -0.4 is 19.5 Å². The predicted octanol–water partition coefficient (Wildman–Crippen LogP) is 2.52. The average Bonchev–Trinajstić information content (AvgIpc) is 2.71. The number of carbonyl (C=O) groups is 1. The van der Waals surface area contributed by atoms with Crippen molar-refractivity contribution in [1.29, 1.82) is 0 Å². The van der Waals surface area contributed by atoms with Crippen LogP contribution in [0.3, 0.4) is 0 Å². The molecule has 0 spiro atoms. The molecule has 0 unspecified atom stereocenters. The van der Waals surface area contributed by atoms with Gasteiger partial charge in [-0.1, -0.05) is 17.7 Å². The molecule has 2 aromatic carbocycles. The van der Waals surface area contributed by atoms with Crippen molar-refractivity contribution in [2.75, 3.05) is 19.8 Å². The van der Waals surface area contributed by atoms with Crippen LogP contribution in [0.5, 0.6) is 17.2 Å². The Labute approximate surface area is 174 Å². The van der Waals surface area contributed by atoms with Gasteiger partial charge in [0.15, 0.2) is 11.5 Å². The molecule has 0 aliphatic carbocycles. The average molecular weight is 422 g/mol. The van der Waals surface area contributed by atoms with Gasteiger partial charge < -0.3 is 29.7 Å². The second-order valence-electron chi connectivity index (χ2n) is 6.97. The van der Waals surface area contributed by atoms with Crippen molar-refractivity contribution in [3.63, 3.8) is 0 Å². The number of halogens is 1. The Hall–Kier alpha value is -2.48. The van der Waals surface area contributed by atoms with Gasteiger partial charge in [0.25, 0.3) is 0 Å². The quantitative estimate of drug-likeness (QED) is 0.572. The van der Waals surface area contributed by atoms with E-state index in [-0.39, 0.29) is 19.3 Å². The van der Waals surface area contributed by atoms with E-state index in [1.807, 2.05) is 19.1 Å². The number of hydrogen-bond acceptors (Lipinski definition) is 6. The molecule has 0 aromatic heterocycles. The van der Waals surface area contributed by atoms with Crippen LogP contribution in [0.15, 0.2) is 42.5 Å². The molecule has 0 amide bonds. The third kappa shape index (κ3) is 6.25. The number of carboxylic acids is 1. The van der Waals surface area contributed by atoms with E-state index >= 15 is 0 Å². The van der Waals surface area contributed by atoms with E-state index in [1.54, 1.807) is 30.3 Å². The number of benzene rings is 2. The van der Waals surface area contributed by atoms with Crippen molar-refractivity contribution in [3.8, 4) is 17.2 Å². The summed E-state index contributed by atoms with van der Waals surface area (Å²) in [5, 5.41) is 23.0. The minimum atomic E-state index is -1.05. The molecule has 156 valence electrons. The Kier molecular flexibility index (Phi) is 7.19. The Bertz CT molecular complexity index is 828. The van der Waals surface area contributed by atoms with E-state index in [1.165, 1.54) is 0 Å². The zero-order chi connectivity index (χ0) is 20.8. The number of aliphatic hydroxyl groups excluding tert-OH is 1. The molecular formula is C21H24ClNO6. The summed E-state index contributed by atoms with van der Waals surface area (Å²) >= 11 is 5.83. The lowest BCUT2D eigenvalue weighted by atomic mass is 10.1. The maximum atomic E-state index is 11.0. The molecular weight excluding hydrogens is 398 g/mol. The van der Waals surface area contributed by atoms with Gasteiger partial charge in [-0.05, 0) is 55.3 Å². The van der Waals surface area contributed by atoms with Gasteiger partial charge in [-0.25, -0.2) is 4.79 Å². The second kappa shape index (κ2) is 9.82. The zero-order valence-electron chi connectivity index (χ0n) is 16.0. The molecule has 0 saturated carbocycles. The van der Waals surface area contributed by atoms with E-state index < -0.39 is 18.2 Å². The van der Waals surface area contributed by atoms with Crippen LogP contribution in [-0.2, 0) is 11.2 Å². The van der Waals surface area contributed by atoms with E-state index in [4.69, 9.17) is 30.9 Å². The number of aliphatic carboxylic acids is 1. The Morgan fingerprint density at radius 1 is 1.28 bits per heavy atom. The van der Waals surface area contributed by atoms with Crippen LogP contribution in [0.2, 0.25) is 5.02 Å². The summed E-state index contributed by atoms with van der Waals surface area (Å²) in [6.45, 7) is 2.57. The molecule has 29 heavy (non-hydrogen) atoms. The normalized spacial score (nSPS) is 17.4. The van der Waals surface area contributed by atoms with Gasteiger partial charge in [-0.15, -0.1) is 0 Å². The molecule has 0 bridgehead atoms. The van der Waals surface area contributed by atoms with Gasteiger partial charge in [-0.3, -0.25) is 0 Å². The predicted molar refractivity (Wildman–Crippen MR) is 108 cm³/mol. The zero-order valence-corrected chi connectivity index (χ0v) is 16.8. The van der Waals surface area contributed by atoms with Gasteiger partial charge in [0.2, 0.25) is 6.10 Å². The molecule has 0 fully saturated rings. The molecule has 2 aromatic rings. The highest BCUT2D eigenvalue weighted by atomic mass is 35.5. The molecule has 0 radical (unpaired) electrons. The first-order valence-electron chi connectivity index (χ1n) is 9.35. The van der Waals surface area contributed by atoms with Crippen molar-refractivity contribution in [2.24, 2.45) is 0 Å². The number of carboxylic acid groups (broad SMARTS) is 1. The van der Waals surface area contributed by atoms with Gasteiger partial charge in [0, 0.05) is 17.6 Å². The highest BCUT2D eigenvalue weighted by Crippen LogP contribution is 2.33. The van der Waals surface area contributed by atoms with Crippen LogP contribution >= 0.6 is 11.6 Å². The number of ether oxygens (including phenoxy) is 3. The monoisotopic (exact) mass is 421 g/mol. The van der Waals surface area contributed by atoms with Crippen LogP contribution in [-0.4, -0.2) is 54.2 Å². The van der Waals surface area contributed by atoms with Crippen LogP contribution in [0.1, 0.15) is 12.5 Å². The fourth-order valence-electron chi connectivity index (χ4n) is 2.91. The molecule has 3 N–H and O–H groups in total. The van der Waals surface area contributed by atoms with Gasteiger partial charge >= 0.3 is 5.97 Å². The summed E-state index contributed by atoms with van der Waals surface area (Å²) in [5.41, 5.74) is 1.02. The molecule has 8 heteroatoms. The summed E-state index contributed by atoms with van der Waals surface area (Å²) in [6.07, 6.45) is -0.920. The minimum Gasteiger partial charge on any atom is -0.491 e. The van der Waals surface area contributed by atoms with Crippen LogP contribution in [0, 0.1) is 0 Å². The van der Waals surface area contributed by atoms with E-state index in [0.29, 0.717) is 35.2 Å². The Morgan fingerprint density at radius 3 is 2.76 bits per heavy atom. The smallest absolute Gasteiger partial charge is 0.348 e. The van der Waals surface area contributed by atoms with Gasteiger partial charge in [-0.2, -0.15) is 0 Å². The maximum absolute atomic E-state index is 11.0. The van der Waals surface area contributed by atoms with E-state index in [2.05, 4.69) is 5.32 Å². The van der Waals surface area contributed by atoms with Gasteiger partial charge in [0.05, 0.1) is 0 Å². The van der Waals surface area contributed by atoms with Crippen LogP contribution in [0.4, 0.5) is 0 Å². The molecule has 1 aliphatic heterocycles. The summed E-state index contributed by atoms with van der Waals surface area (Å²) in [7, 11) is 0. The standard InChI is InChI=1S/C21H24ClNO6/c1-13(23-10-16(24)11-27-17-5-3-15(22)4-6-17)8-14-2-7-18-19(9-14)28-12-20(29-18)21(25)26/h2-7,9,13,16,20,23-24H,8,10-12H2,1H3,(H,25,26)/t13-,16+,20-/m1/s1. The number of hydrogen-bond donors (Lipinski definition) is 3. The number of rotatable bonds is 9. The van der Waals surface area contributed by atoms with Crippen molar-refractivity contribution < 1.29 is 29.2 Å². The minimum absolute atomic E-state index is 0.0145. The lowest BCUT2D eigenvalue weighted by molar-refractivity contribution is -0.147. The van der Waals surface area contributed by atoms with Crippen molar-refractivity contribution >= 4 is 17.6 Å². The van der Waals surface area contributed by atoms with Crippen molar-refractivity contribution in [1.82, 2.24) is 5.32 Å². The summed E-state index contributed by atoms with van der Waals surface area (Å²) < 4.78 is 16.5. The highest BCUT2D eigenvalue weighted by molar-refractivity contribution is 6.30. The summed E-state index contributed by atoms with van der Waals surface area (Å²) in [6, 6.07) is 12.5. The molecule has 3 atom stereocenters. The van der Waals surface area contributed by atoms with E-state index in [9.17, 15) is 9.90 Å². The van der Waals surface area contributed by atoms with Crippen molar-refractivity contribution in [3.05, 3.63) is 53.1 Å². The topological polar surface area (TPSA) is 97.3 Å². The first-order chi connectivity index (χ1) is 13.9. The fourth-order valence-corrected chi connectivity index (χ4v) is 3.04. The first kappa shape index (κ1) is 21.2. The number of aliphatic hydroxyl groups is 1. The third-order valence-electron chi connectivity index (χ3n) is 4.44. The SMILES string of the molecule is C[C@H](Cc1ccc2c(c1)OC[C@H](C(=O)O)O2)NC[C@H](O)COc1ccc(Cl)cc1. The Morgan fingerprint density at radius 2 is 2.03 bits per heavy atom. The lowest BCUT2D eigenvalue weighted by Gasteiger charge is -2.24. The maximum Gasteiger partial charge on any atom is 0.348 e.